The van der Waals surface area contributed by atoms with Gasteiger partial charge in [0.1, 0.15) is 5.69 Å². The average molecular weight is 523 g/mol. The van der Waals surface area contributed by atoms with Crippen molar-refractivity contribution in [3.8, 4) is 16.3 Å². The number of hydrogen-bond acceptors (Lipinski definition) is 7. The Kier molecular flexibility index (Phi) is 7.44. The van der Waals surface area contributed by atoms with Gasteiger partial charge in [0.15, 0.2) is 6.10 Å². The molecule has 2 aromatic carbocycles. The van der Waals surface area contributed by atoms with Crippen molar-refractivity contribution in [2.75, 3.05) is 5.32 Å². The number of hydrogen-bond donors (Lipinski definition) is 2. The smallest absolute Gasteiger partial charge is 0.331 e. The third kappa shape index (κ3) is 6.13. The molecule has 184 valence electrons. The van der Waals surface area contributed by atoms with E-state index in [4.69, 9.17) is 9.88 Å². The first-order valence-corrected chi connectivity index (χ1v) is 13.1. The van der Waals surface area contributed by atoms with E-state index in [1.54, 1.807) is 10.8 Å². The van der Waals surface area contributed by atoms with E-state index >= 15 is 0 Å². The summed E-state index contributed by atoms with van der Waals surface area (Å²) in [5.41, 5.74) is 2.64. The summed E-state index contributed by atoms with van der Waals surface area (Å²) in [6.45, 7) is 1.43. The van der Waals surface area contributed by atoms with Crippen molar-refractivity contribution in [1.82, 2.24) is 9.78 Å². The zero-order valence-corrected chi connectivity index (χ0v) is 20.7. The number of sulfonamides is 1. The number of amides is 1. The van der Waals surface area contributed by atoms with Crippen molar-refractivity contribution in [2.24, 2.45) is 5.14 Å². The van der Waals surface area contributed by atoms with E-state index in [0.717, 1.165) is 10.6 Å². The molecular weight excluding hydrogens is 500 g/mol. The van der Waals surface area contributed by atoms with Gasteiger partial charge in [-0.05, 0) is 60.8 Å². The molecule has 9 nitrogen and oxygen atoms in total. The largest absolute Gasteiger partial charge is 0.449 e. The van der Waals surface area contributed by atoms with Gasteiger partial charge in [-0.2, -0.15) is 5.10 Å². The van der Waals surface area contributed by atoms with Crippen LogP contribution in [0.25, 0.3) is 22.3 Å². The van der Waals surface area contributed by atoms with Crippen molar-refractivity contribution in [1.29, 1.82) is 0 Å². The monoisotopic (exact) mass is 522 g/mol. The lowest BCUT2D eigenvalue weighted by atomic mass is 10.2. The Morgan fingerprint density at radius 3 is 2.44 bits per heavy atom. The molecule has 2 heterocycles. The van der Waals surface area contributed by atoms with Crippen LogP contribution in [0.5, 0.6) is 0 Å². The third-order valence-corrected chi connectivity index (χ3v) is 6.84. The molecule has 0 saturated heterocycles. The molecule has 1 amide bonds. The van der Waals surface area contributed by atoms with Crippen LogP contribution in [0, 0.1) is 0 Å². The van der Waals surface area contributed by atoms with Crippen LogP contribution >= 0.6 is 11.3 Å². The van der Waals surface area contributed by atoms with Crippen LogP contribution in [0.1, 0.15) is 12.5 Å². The minimum absolute atomic E-state index is 0.0809. The molecular formula is C25H22N4O5S2. The number of ether oxygens (including phenoxy) is 1. The van der Waals surface area contributed by atoms with Crippen LogP contribution in [0.2, 0.25) is 0 Å². The number of benzene rings is 2. The second kappa shape index (κ2) is 10.7. The Bertz CT molecular complexity index is 1490. The SMILES string of the molecule is C[C@@H](OC(=O)/C=C/c1cn(-c2ccccc2)nc1-c1cccs1)C(=O)Nc1ccc(S(N)(=O)=O)cc1. The fraction of sp³-hybridized carbons (Fsp3) is 0.0800. The summed E-state index contributed by atoms with van der Waals surface area (Å²) in [5.74, 6) is -1.27. The van der Waals surface area contributed by atoms with Crippen LogP contribution in [0.3, 0.4) is 0 Å². The summed E-state index contributed by atoms with van der Waals surface area (Å²) >= 11 is 1.53. The van der Waals surface area contributed by atoms with Gasteiger partial charge in [-0.3, -0.25) is 4.79 Å². The average Bonchev–Trinajstić information content (AvgIpc) is 3.53. The molecule has 4 aromatic rings. The number of aromatic nitrogens is 2. The lowest BCUT2D eigenvalue weighted by Gasteiger charge is -2.12. The molecule has 0 saturated carbocycles. The maximum atomic E-state index is 12.4. The van der Waals surface area contributed by atoms with E-state index in [1.807, 2.05) is 54.0 Å². The molecule has 0 fully saturated rings. The van der Waals surface area contributed by atoms with E-state index < -0.39 is 28.0 Å². The summed E-state index contributed by atoms with van der Waals surface area (Å²) in [4.78, 5) is 25.7. The normalized spacial score (nSPS) is 12.4. The number of para-hydroxylation sites is 1. The Morgan fingerprint density at radius 1 is 1.08 bits per heavy atom. The molecule has 0 aliphatic rings. The molecule has 11 heteroatoms. The predicted molar refractivity (Wildman–Crippen MR) is 138 cm³/mol. The van der Waals surface area contributed by atoms with Gasteiger partial charge in [0.2, 0.25) is 10.0 Å². The van der Waals surface area contributed by atoms with Crippen molar-refractivity contribution in [2.45, 2.75) is 17.9 Å². The lowest BCUT2D eigenvalue weighted by molar-refractivity contribution is -0.148. The fourth-order valence-electron chi connectivity index (χ4n) is 3.22. The van der Waals surface area contributed by atoms with Crippen molar-refractivity contribution in [3.05, 3.63) is 89.9 Å². The third-order valence-electron chi connectivity index (χ3n) is 5.03. The summed E-state index contributed by atoms with van der Waals surface area (Å²) in [7, 11) is -3.84. The minimum Gasteiger partial charge on any atom is -0.449 e. The molecule has 0 bridgehead atoms. The number of thiophene rings is 1. The van der Waals surface area contributed by atoms with E-state index in [1.165, 1.54) is 48.6 Å². The van der Waals surface area contributed by atoms with Crippen molar-refractivity contribution >= 4 is 45.0 Å². The van der Waals surface area contributed by atoms with Gasteiger partial charge in [0.05, 0.1) is 15.5 Å². The van der Waals surface area contributed by atoms with Gasteiger partial charge >= 0.3 is 5.97 Å². The topological polar surface area (TPSA) is 133 Å². The lowest BCUT2D eigenvalue weighted by Crippen LogP contribution is -2.29. The number of nitrogens with zero attached hydrogens (tertiary/aromatic N) is 2. The van der Waals surface area contributed by atoms with Crippen molar-refractivity contribution < 1.29 is 22.7 Å². The first kappa shape index (κ1) is 25.0. The number of rotatable bonds is 8. The summed E-state index contributed by atoms with van der Waals surface area (Å²) in [5, 5.41) is 14.2. The molecule has 3 N–H and O–H groups in total. The number of carbonyl (C=O) groups is 2. The molecule has 0 aliphatic heterocycles. The Hall–Kier alpha value is -4.06. The van der Waals surface area contributed by atoms with Crippen LogP contribution in [0.15, 0.2) is 89.3 Å². The Labute approximate surface area is 211 Å². The van der Waals surface area contributed by atoms with E-state index in [0.29, 0.717) is 16.9 Å². The first-order valence-electron chi connectivity index (χ1n) is 10.7. The van der Waals surface area contributed by atoms with E-state index in [-0.39, 0.29) is 4.90 Å². The maximum Gasteiger partial charge on any atom is 0.331 e. The highest BCUT2D eigenvalue weighted by Gasteiger charge is 2.18. The highest BCUT2D eigenvalue weighted by atomic mass is 32.2. The zero-order chi connectivity index (χ0) is 25.7. The van der Waals surface area contributed by atoms with Crippen LogP contribution in [-0.4, -0.2) is 36.2 Å². The molecule has 4 rings (SSSR count). The predicted octanol–water partition coefficient (Wildman–Crippen LogP) is 3.83. The van der Waals surface area contributed by atoms with Crippen LogP contribution < -0.4 is 10.5 Å². The summed E-state index contributed by atoms with van der Waals surface area (Å²) in [6.07, 6.45) is 3.56. The number of nitrogens with one attached hydrogen (secondary N) is 1. The summed E-state index contributed by atoms with van der Waals surface area (Å²) < 4.78 is 29.6. The zero-order valence-electron chi connectivity index (χ0n) is 19.1. The molecule has 0 radical (unpaired) electrons. The van der Waals surface area contributed by atoms with Gasteiger partial charge in [-0.1, -0.05) is 24.3 Å². The second-order valence-corrected chi connectivity index (χ2v) is 10.2. The number of primary sulfonamides is 1. The number of esters is 1. The quantitative estimate of drug-likeness (QED) is 0.267. The van der Waals surface area contributed by atoms with Gasteiger partial charge in [0.25, 0.3) is 5.91 Å². The molecule has 1 atom stereocenters. The highest BCUT2D eigenvalue weighted by Crippen LogP contribution is 2.28. The van der Waals surface area contributed by atoms with Gasteiger partial charge < -0.3 is 10.1 Å². The fourth-order valence-corrected chi connectivity index (χ4v) is 4.47. The van der Waals surface area contributed by atoms with Gasteiger partial charge in [-0.15, -0.1) is 11.3 Å². The second-order valence-electron chi connectivity index (χ2n) is 7.66. The molecule has 0 aliphatic carbocycles. The molecule has 2 aromatic heterocycles. The standard InChI is InChI=1S/C25H22N4O5S2/c1-17(25(31)27-19-10-12-21(13-11-19)36(26,32)33)34-23(30)14-9-18-16-29(20-6-3-2-4-7-20)28-24(18)22-8-5-15-35-22/h2-17H,1H3,(H,27,31)(H2,26,32,33)/b14-9+/t17-/m1/s1. The molecule has 0 unspecified atom stereocenters. The highest BCUT2D eigenvalue weighted by molar-refractivity contribution is 7.89. The van der Waals surface area contributed by atoms with E-state index in [9.17, 15) is 18.0 Å². The Morgan fingerprint density at radius 2 is 1.81 bits per heavy atom. The van der Waals surface area contributed by atoms with Gasteiger partial charge in [-0.25, -0.2) is 23.0 Å². The van der Waals surface area contributed by atoms with Crippen LogP contribution in [0.4, 0.5) is 5.69 Å². The number of carbonyl (C=O) groups excluding carboxylic acids is 2. The number of nitrogens with two attached hydrogens (primary N) is 1. The van der Waals surface area contributed by atoms with E-state index in [2.05, 4.69) is 10.4 Å². The molecule has 0 spiro atoms. The number of anilines is 1. The minimum atomic E-state index is -3.84. The van der Waals surface area contributed by atoms with Crippen LogP contribution in [-0.2, 0) is 24.3 Å². The first-order chi connectivity index (χ1) is 17.2. The van der Waals surface area contributed by atoms with Gasteiger partial charge in [0, 0.05) is 23.5 Å². The molecule has 36 heavy (non-hydrogen) atoms. The van der Waals surface area contributed by atoms with Crippen molar-refractivity contribution in [3.63, 3.8) is 0 Å². The summed E-state index contributed by atoms with van der Waals surface area (Å²) in [6, 6.07) is 18.8. The Balaban J connectivity index is 1.43. The maximum absolute atomic E-state index is 12.4.